The van der Waals surface area contributed by atoms with Gasteiger partial charge < -0.3 is 9.72 Å². The average Bonchev–Trinajstić information content (AvgIpc) is 2.97. The first kappa shape index (κ1) is 15.3. The van der Waals surface area contributed by atoms with Crippen molar-refractivity contribution in [2.45, 2.75) is 19.3 Å². The minimum atomic E-state index is -0.657. The normalized spacial score (nSPS) is 12.3. The molecule has 0 amide bonds. The molecule has 0 aliphatic carbocycles. The van der Waals surface area contributed by atoms with Crippen molar-refractivity contribution in [1.29, 1.82) is 0 Å². The molecule has 3 rings (SSSR count). The van der Waals surface area contributed by atoms with Gasteiger partial charge in [-0.25, -0.2) is 4.39 Å². The van der Waals surface area contributed by atoms with Crippen LogP contribution in [0.2, 0.25) is 0 Å². The third kappa shape index (κ3) is 3.11. The zero-order valence-corrected chi connectivity index (χ0v) is 12.9. The third-order valence-corrected chi connectivity index (χ3v) is 3.95. The smallest absolute Gasteiger partial charge is 0.313 e. The first-order valence-electron chi connectivity index (χ1n) is 7.66. The molecule has 1 atom stereocenters. The van der Waals surface area contributed by atoms with Crippen molar-refractivity contribution >= 4 is 16.9 Å². The maximum Gasteiger partial charge on any atom is 0.313 e. The van der Waals surface area contributed by atoms with Crippen molar-refractivity contribution < 1.29 is 13.9 Å². The molecular formula is C19H18FNO2. The molecule has 1 N–H and O–H groups in total. The lowest BCUT2D eigenvalue weighted by atomic mass is 9.91. The van der Waals surface area contributed by atoms with Gasteiger partial charge in [0, 0.05) is 22.7 Å². The molecule has 0 fully saturated rings. The number of aromatic amines is 1. The van der Waals surface area contributed by atoms with Gasteiger partial charge in [-0.1, -0.05) is 36.4 Å². The summed E-state index contributed by atoms with van der Waals surface area (Å²) in [6.07, 6.45) is 2.27. The third-order valence-electron chi connectivity index (χ3n) is 3.95. The number of hydrogen-bond acceptors (Lipinski definition) is 2. The lowest BCUT2D eigenvalue weighted by molar-refractivity contribution is -0.145. The van der Waals surface area contributed by atoms with Gasteiger partial charge in [0.25, 0.3) is 0 Å². The maximum absolute atomic E-state index is 14.2. The Morgan fingerprint density at radius 2 is 1.91 bits per heavy atom. The maximum atomic E-state index is 14.2. The van der Waals surface area contributed by atoms with Crippen LogP contribution in [0.4, 0.5) is 4.39 Å². The molecule has 0 spiro atoms. The number of nitrogens with one attached hydrogen (secondary N) is 1. The number of carbonyl (C=O) groups excluding carboxylic acids is 1. The quantitative estimate of drug-likeness (QED) is 0.718. The monoisotopic (exact) mass is 311 g/mol. The van der Waals surface area contributed by atoms with Crippen LogP contribution in [0, 0.1) is 5.82 Å². The van der Waals surface area contributed by atoms with Gasteiger partial charge in [-0.2, -0.15) is 0 Å². The molecule has 0 radical (unpaired) electrons. The molecule has 1 unspecified atom stereocenters. The van der Waals surface area contributed by atoms with Crippen LogP contribution in [0.25, 0.3) is 10.9 Å². The molecule has 0 saturated heterocycles. The number of ether oxygens (including phenoxy) is 1. The number of carbonyl (C=O) groups is 1. The Morgan fingerprint density at radius 1 is 1.17 bits per heavy atom. The summed E-state index contributed by atoms with van der Waals surface area (Å²) in [5.74, 6) is -1.44. The fraction of sp³-hybridized carbons (Fsp3) is 0.211. The second kappa shape index (κ2) is 6.65. The van der Waals surface area contributed by atoms with E-state index in [1.165, 1.54) is 6.07 Å². The van der Waals surface area contributed by atoms with Gasteiger partial charge in [0.1, 0.15) is 5.82 Å². The largest absolute Gasteiger partial charge is 0.466 e. The summed E-state index contributed by atoms with van der Waals surface area (Å²) in [6.45, 7) is 2.03. The van der Waals surface area contributed by atoms with Crippen LogP contribution in [0.5, 0.6) is 0 Å². The molecule has 2 aromatic carbocycles. The fourth-order valence-electron chi connectivity index (χ4n) is 2.84. The molecule has 23 heavy (non-hydrogen) atoms. The number of esters is 1. The van der Waals surface area contributed by atoms with Crippen molar-refractivity contribution in [3.05, 3.63) is 71.7 Å². The van der Waals surface area contributed by atoms with Gasteiger partial charge >= 0.3 is 5.97 Å². The molecule has 4 heteroatoms. The van der Waals surface area contributed by atoms with Crippen molar-refractivity contribution in [3.63, 3.8) is 0 Å². The summed E-state index contributed by atoms with van der Waals surface area (Å²) in [4.78, 5) is 15.5. The lowest BCUT2D eigenvalue weighted by Gasteiger charge is -2.16. The molecule has 0 bridgehead atoms. The minimum Gasteiger partial charge on any atom is -0.466 e. The Hall–Kier alpha value is -2.62. The summed E-state index contributed by atoms with van der Waals surface area (Å²) in [5.41, 5.74) is 2.34. The highest BCUT2D eigenvalue weighted by atomic mass is 19.1. The molecule has 0 saturated carbocycles. The minimum absolute atomic E-state index is 0.275. The van der Waals surface area contributed by atoms with E-state index in [2.05, 4.69) is 4.98 Å². The molecule has 118 valence electrons. The van der Waals surface area contributed by atoms with Crippen molar-refractivity contribution in [1.82, 2.24) is 4.98 Å². The molecule has 0 aliphatic rings. The van der Waals surface area contributed by atoms with E-state index in [1.807, 2.05) is 30.5 Å². The van der Waals surface area contributed by atoms with Crippen LogP contribution in [0.3, 0.4) is 0 Å². The SMILES string of the molecule is CCOC(=O)C(Cc1c[nH]c2ccccc12)c1ccccc1F. The van der Waals surface area contributed by atoms with Crippen LogP contribution in [0.1, 0.15) is 24.0 Å². The zero-order valence-electron chi connectivity index (χ0n) is 12.9. The van der Waals surface area contributed by atoms with Gasteiger partial charge in [0.05, 0.1) is 12.5 Å². The number of hydrogen-bond donors (Lipinski definition) is 1. The summed E-state index contributed by atoms with van der Waals surface area (Å²) >= 11 is 0. The molecule has 3 nitrogen and oxygen atoms in total. The standard InChI is InChI=1S/C19H18FNO2/c1-2-23-19(22)16(15-8-3-5-9-17(15)20)11-13-12-21-18-10-6-4-7-14(13)18/h3-10,12,16,21H,2,11H2,1H3. The van der Waals surface area contributed by atoms with E-state index in [-0.39, 0.29) is 12.4 Å². The number of fused-ring (bicyclic) bond motifs is 1. The Morgan fingerprint density at radius 3 is 2.70 bits per heavy atom. The van der Waals surface area contributed by atoms with E-state index in [4.69, 9.17) is 4.74 Å². The fourth-order valence-corrected chi connectivity index (χ4v) is 2.84. The average molecular weight is 311 g/mol. The number of H-pyrrole nitrogens is 1. The summed E-state index contributed by atoms with van der Waals surface area (Å²) in [6, 6.07) is 14.2. The van der Waals surface area contributed by atoms with E-state index >= 15 is 0 Å². The first-order valence-corrected chi connectivity index (χ1v) is 7.66. The van der Waals surface area contributed by atoms with E-state index < -0.39 is 11.9 Å². The predicted molar refractivity (Wildman–Crippen MR) is 87.8 cm³/mol. The van der Waals surface area contributed by atoms with E-state index in [0.29, 0.717) is 12.0 Å². The highest BCUT2D eigenvalue weighted by molar-refractivity contribution is 5.85. The zero-order chi connectivity index (χ0) is 16.2. The molecule has 1 aromatic heterocycles. The second-order valence-electron chi connectivity index (χ2n) is 5.39. The number of benzene rings is 2. The van der Waals surface area contributed by atoms with Crippen LogP contribution < -0.4 is 0 Å². The molecule has 1 heterocycles. The van der Waals surface area contributed by atoms with Crippen LogP contribution in [0.15, 0.2) is 54.7 Å². The summed E-state index contributed by atoms with van der Waals surface area (Å²) in [5, 5.41) is 1.04. The number of halogens is 1. The Balaban J connectivity index is 1.99. The highest BCUT2D eigenvalue weighted by Crippen LogP contribution is 2.28. The van der Waals surface area contributed by atoms with Crippen LogP contribution >= 0.6 is 0 Å². The Labute approximate surface area is 134 Å². The molecule has 0 aliphatic heterocycles. The van der Waals surface area contributed by atoms with Crippen molar-refractivity contribution in [2.75, 3.05) is 6.61 Å². The van der Waals surface area contributed by atoms with E-state index in [1.54, 1.807) is 25.1 Å². The Kier molecular flexibility index (Phi) is 4.42. The summed E-state index contributed by atoms with van der Waals surface area (Å²) in [7, 11) is 0. The Bertz CT molecular complexity index is 825. The van der Waals surface area contributed by atoms with Crippen LogP contribution in [-0.4, -0.2) is 17.6 Å². The van der Waals surface area contributed by atoms with Crippen molar-refractivity contribution in [3.8, 4) is 0 Å². The number of rotatable bonds is 5. The number of para-hydroxylation sites is 1. The van der Waals surface area contributed by atoms with Gasteiger partial charge in [-0.05, 0) is 31.0 Å². The van der Waals surface area contributed by atoms with Crippen LogP contribution in [-0.2, 0) is 16.0 Å². The second-order valence-corrected chi connectivity index (χ2v) is 5.39. The number of aromatic nitrogens is 1. The topological polar surface area (TPSA) is 42.1 Å². The lowest BCUT2D eigenvalue weighted by Crippen LogP contribution is -2.19. The van der Waals surface area contributed by atoms with Gasteiger partial charge in [-0.3, -0.25) is 4.79 Å². The summed E-state index contributed by atoms with van der Waals surface area (Å²) < 4.78 is 19.3. The van der Waals surface area contributed by atoms with Gasteiger partial charge in [0.2, 0.25) is 0 Å². The first-order chi connectivity index (χ1) is 11.2. The van der Waals surface area contributed by atoms with Gasteiger partial charge in [-0.15, -0.1) is 0 Å². The molecule has 3 aromatic rings. The van der Waals surface area contributed by atoms with Crippen molar-refractivity contribution in [2.24, 2.45) is 0 Å². The van der Waals surface area contributed by atoms with Gasteiger partial charge in [0.15, 0.2) is 0 Å². The van der Waals surface area contributed by atoms with E-state index in [0.717, 1.165) is 16.5 Å². The van der Waals surface area contributed by atoms with E-state index in [9.17, 15) is 9.18 Å². The highest BCUT2D eigenvalue weighted by Gasteiger charge is 2.26. The predicted octanol–water partition coefficient (Wildman–Crippen LogP) is 4.20. The molecular weight excluding hydrogens is 293 g/mol.